The molecule has 2 aromatic carbocycles. The molecular weight excluding hydrogens is 470 g/mol. The molecule has 0 aliphatic carbocycles. The molecule has 1 saturated heterocycles. The molecule has 5 rings (SSSR count). The molecule has 0 spiro atoms. The van der Waals surface area contributed by atoms with E-state index in [1.165, 1.54) is 27.6 Å². The number of nitrogens with two attached hydrogens (primary N) is 1. The minimum atomic E-state index is 0.625. The molecule has 2 N–H and O–H groups in total. The molecule has 1 fully saturated rings. The summed E-state index contributed by atoms with van der Waals surface area (Å²) in [5.41, 5.74) is 11.9. The molecule has 1 aliphatic heterocycles. The molecule has 36 heavy (non-hydrogen) atoms. The van der Waals surface area contributed by atoms with Gasteiger partial charge in [-0.05, 0) is 48.4 Å². The number of rotatable bonds is 9. The van der Waals surface area contributed by atoms with Crippen LogP contribution in [-0.4, -0.2) is 59.2 Å². The third-order valence-electron chi connectivity index (χ3n) is 7.03. The van der Waals surface area contributed by atoms with Crippen LogP contribution in [0.25, 0.3) is 22.0 Å². The molecule has 0 unspecified atom stereocenters. The van der Waals surface area contributed by atoms with E-state index >= 15 is 0 Å². The van der Waals surface area contributed by atoms with E-state index in [1.807, 2.05) is 24.4 Å². The van der Waals surface area contributed by atoms with Crippen LogP contribution in [0.1, 0.15) is 17.5 Å². The maximum atomic E-state index is 6.37. The van der Waals surface area contributed by atoms with Gasteiger partial charge in [-0.25, -0.2) is 4.98 Å². The molecule has 0 radical (unpaired) electrons. The lowest BCUT2D eigenvalue weighted by Crippen LogP contribution is -2.45. The lowest BCUT2D eigenvalue weighted by atomic mass is 10.0. The lowest BCUT2D eigenvalue weighted by Gasteiger charge is -2.35. The highest BCUT2D eigenvalue weighted by atomic mass is 35.5. The number of aryl methyl sites for hydroxylation is 1. The van der Waals surface area contributed by atoms with Crippen molar-refractivity contribution >= 4 is 22.5 Å². The molecule has 6 nitrogen and oxygen atoms in total. The van der Waals surface area contributed by atoms with E-state index < -0.39 is 0 Å². The van der Waals surface area contributed by atoms with Crippen LogP contribution in [-0.2, 0) is 19.6 Å². The molecule has 0 amide bonds. The second-order valence-corrected chi connectivity index (χ2v) is 9.87. The Bertz CT molecular complexity index is 1300. The second kappa shape index (κ2) is 11.4. The van der Waals surface area contributed by atoms with Gasteiger partial charge in [-0.2, -0.15) is 0 Å². The summed E-state index contributed by atoms with van der Waals surface area (Å²) < 4.78 is 7.57. The Kier molecular flexibility index (Phi) is 7.87. The number of methoxy groups -OCH3 is 1. The Morgan fingerprint density at radius 2 is 1.75 bits per heavy atom. The molecule has 0 bridgehead atoms. The van der Waals surface area contributed by atoms with Gasteiger partial charge in [0.25, 0.3) is 0 Å². The number of hydrogen-bond donors (Lipinski definition) is 1. The monoisotopic (exact) mass is 503 g/mol. The fourth-order valence-corrected chi connectivity index (χ4v) is 5.21. The molecule has 0 atom stereocenters. The summed E-state index contributed by atoms with van der Waals surface area (Å²) in [5.74, 6) is 0.625. The van der Waals surface area contributed by atoms with Gasteiger partial charge in [0.2, 0.25) is 5.88 Å². The van der Waals surface area contributed by atoms with Gasteiger partial charge in [0.15, 0.2) is 0 Å². The van der Waals surface area contributed by atoms with Crippen LogP contribution in [0.3, 0.4) is 0 Å². The van der Waals surface area contributed by atoms with Crippen molar-refractivity contribution in [3.63, 3.8) is 0 Å². The molecule has 188 valence electrons. The van der Waals surface area contributed by atoms with E-state index in [0.29, 0.717) is 12.4 Å². The van der Waals surface area contributed by atoms with Gasteiger partial charge in [-0.1, -0.05) is 35.9 Å². The van der Waals surface area contributed by atoms with Gasteiger partial charge in [-0.15, -0.1) is 0 Å². The van der Waals surface area contributed by atoms with E-state index in [2.05, 4.69) is 61.9 Å². The fraction of sp³-hybridized carbons (Fsp3) is 0.345. The zero-order chi connectivity index (χ0) is 24.9. The summed E-state index contributed by atoms with van der Waals surface area (Å²) >= 11 is 6.37. The van der Waals surface area contributed by atoms with Crippen LogP contribution in [0, 0.1) is 0 Å². The van der Waals surface area contributed by atoms with Crippen LogP contribution in [0.4, 0.5) is 0 Å². The summed E-state index contributed by atoms with van der Waals surface area (Å²) in [6, 6.07) is 19.0. The first-order valence-corrected chi connectivity index (χ1v) is 13.0. The smallest absolute Gasteiger partial charge is 0.212 e. The Morgan fingerprint density at radius 3 is 2.44 bits per heavy atom. The van der Waals surface area contributed by atoms with Gasteiger partial charge in [-0.3, -0.25) is 9.80 Å². The van der Waals surface area contributed by atoms with Crippen molar-refractivity contribution in [2.75, 3.05) is 39.8 Å². The predicted molar refractivity (Wildman–Crippen MR) is 147 cm³/mol. The maximum Gasteiger partial charge on any atom is 0.212 e. The highest BCUT2D eigenvalue weighted by Gasteiger charge is 2.19. The van der Waals surface area contributed by atoms with E-state index in [0.717, 1.165) is 62.8 Å². The molecule has 7 heteroatoms. The number of benzene rings is 2. The summed E-state index contributed by atoms with van der Waals surface area (Å²) in [6.07, 6.45) is 5.08. The van der Waals surface area contributed by atoms with Crippen molar-refractivity contribution < 1.29 is 4.74 Å². The van der Waals surface area contributed by atoms with Gasteiger partial charge >= 0.3 is 0 Å². The highest BCUT2D eigenvalue weighted by molar-refractivity contribution is 6.31. The number of halogens is 1. The summed E-state index contributed by atoms with van der Waals surface area (Å²) in [6.45, 7) is 7.64. The first-order chi connectivity index (χ1) is 17.6. The van der Waals surface area contributed by atoms with Crippen LogP contribution >= 0.6 is 11.6 Å². The largest absolute Gasteiger partial charge is 0.481 e. The number of ether oxygens (including phenoxy) is 1. The van der Waals surface area contributed by atoms with Crippen molar-refractivity contribution in [2.24, 2.45) is 5.73 Å². The fourth-order valence-electron chi connectivity index (χ4n) is 5.01. The number of nitrogens with zero attached hydrogens (tertiary/aromatic N) is 4. The lowest BCUT2D eigenvalue weighted by molar-refractivity contribution is 0.122. The first-order valence-electron chi connectivity index (χ1n) is 12.6. The number of aromatic nitrogens is 2. The van der Waals surface area contributed by atoms with Crippen LogP contribution in [0.15, 0.2) is 67.0 Å². The van der Waals surface area contributed by atoms with Crippen LogP contribution in [0.5, 0.6) is 5.88 Å². The minimum absolute atomic E-state index is 0.625. The third kappa shape index (κ3) is 5.57. The van der Waals surface area contributed by atoms with E-state index in [-0.39, 0.29) is 0 Å². The molecule has 4 aromatic rings. The topological polar surface area (TPSA) is 59.6 Å². The van der Waals surface area contributed by atoms with Crippen LogP contribution in [0.2, 0.25) is 5.02 Å². The zero-order valence-corrected chi connectivity index (χ0v) is 21.6. The molecule has 3 heterocycles. The molecule has 1 aliphatic rings. The minimum Gasteiger partial charge on any atom is -0.481 e. The standard InChI is InChI=1S/C29H34ClN5O/c1-36-29-10-8-23(18-32-29)26-21-35(12-4-11-31)28-9-7-22(17-25(26)28)19-33-13-15-34(16-14-33)20-24-5-2-3-6-27(24)30/h2-3,5-10,17-18,21H,4,11-16,19-20,31H2,1H3. The van der Waals surface area contributed by atoms with Crippen LogP contribution < -0.4 is 10.5 Å². The Balaban J connectivity index is 1.32. The Hall–Kier alpha value is -2.90. The van der Waals surface area contributed by atoms with Gasteiger partial charge in [0.05, 0.1) is 7.11 Å². The summed E-state index contributed by atoms with van der Waals surface area (Å²) in [5, 5.41) is 2.11. The first kappa shape index (κ1) is 24.8. The number of piperazine rings is 1. The highest BCUT2D eigenvalue weighted by Crippen LogP contribution is 2.32. The van der Waals surface area contributed by atoms with E-state index in [9.17, 15) is 0 Å². The number of fused-ring (bicyclic) bond motifs is 1. The van der Waals surface area contributed by atoms with Crippen molar-refractivity contribution in [3.05, 3.63) is 83.1 Å². The Morgan fingerprint density at radius 1 is 0.972 bits per heavy atom. The molecule has 2 aromatic heterocycles. The van der Waals surface area contributed by atoms with Gasteiger partial charge in [0, 0.05) is 91.3 Å². The number of hydrogen-bond acceptors (Lipinski definition) is 5. The Labute approximate surface area is 218 Å². The maximum absolute atomic E-state index is 6.37. The molecule has 0 saturated carbocycles. The van der Waals surface area contributed by atoms with Crippen molar-refractivity contribution in [2.45, 2.75) is 26.1 Å². The normalized spacial score (nSPS) is 15.0. The average molecular weight is 504 g/mol. The average Bonchev–Trinajstić information content (AvgIpc) is 3.27. The quantitative estimate of drug-likeness (QED) is 0.347. The third-order valence-corrected chi connectivity index (χ3v) is 7.40. The predicted octanol–water partition coefficient (Wildman–Crippen LogP) is 5.03. The zero-order valence-electron chi connectivity index (χ0n) is 20.9. The van der Waals surface area contributed by atoms with Gasteiger partial charge < -0.3 is 15.0 Å². The van der Waals surface area contributed by atoms with Crippen molar-refractivity contribution in [1.29, 1.82) is 0 Å². The summed E-state index contributed by atoms with van der Waals surface area (Å²) in [7, 11) is 1.64. The van der Waals surface area contributed by atoms with E-state index in [1.54, 1.807) is 7.11 Å². The number of pyridine rings is 1. The summed E-state index contributed by atoms with van der Waals surface area (Å²) in [4.78, 5) is 9.48. The van der Waals surface area contributed by atoms with E-state index in [4.69, 9.17) is 22.1 Å². The van der Waals surface area contributed by atoms with Crippen molar-refractivity contribution in [1.82, 2.24) is 19.4 Å². The van der Waals surface area contributed by atoms with Crippen molar-refractivity contribution in [3.8, 4) is 17.0 Å². The van der Waals surface area contributed by atoms with Gasteiger partial charge in [0.1, 0.15) is 0 Å². The second-order valence-electron chi connectivity index (χ2n) is 9.46. The SMILES string of the molecule is COc1ccc(-c2cn(CCCN)c3ccc(CN4CCN(Cc5ccccc5Cl)CC4)cc23)cn1. The molecular formula is C29H34ClN5O.